The van der Waals surface area contributed by atoms with Crippen LogP contribution in [-0.2, 0) is 4.74 Å². The fraction of sp³-hybridized carbons (Fsp3) is 0.700. The molecule has 0 saturated carbocycles. The van der Waals surface area contributed by atoms with Crippen molar-refractivity contribution >= 4 is 18.7 Å². The molecule has 86 valence electrons. The number of hydrogen-bond acceptors (Lipinski definition) is 4. The molecule has 0 aromatic rings. The molecule has 1 aliphatic rings. The number of ether oxygens (including phenoxy) is 1. The molecule has 0 aliphatic carbocycles. The Morgan fingerprint density at radius 2 is 2.20 bits per heavy atom. The van der Waals surface area contributed by atoms with Gasteiger partial charge in [0, 0.05) is 25.4 Å². The summed E-state index contributed by atoms with van der Waals surface area (Å²) < 4.78 is 5.06. The van der Waals surface area contributed by atoms with Crippen LogP contribution in [0.2, 0.25) is 0 Å². The van der Waals surface area contributed by atoms with E-state index >= 15 is 0 Å². The van der Waals surface area contributed by atoms with Crippen molar-refractivity contribution in [2.75, 3.05) is 13.1 Å². The summed E-state index contributed by atoms with van der Waals surface area (Å²) in [7, 11) is 0. The molecule has 1 fully saturated rings. The zero-order valence-electron chi connectivity index (χ0n) is 9.06. The Bertz CT molecular complexity index is 266. The fourth-order valence-corrected chi connectivity index (χ4v) is 1.54. The zero-order chi connectivity index (χ0) is 11.6. The van der Waals surface area contributed by atoms with Crippen molar-refractivity contribution < 1.29 is 14.6 Å². The van der Waals surface area contributed by atoms with Gasteiger partial charge in [-0.25, -0.2) is 4.79 Å². The molecule has 4 nitrogen and oxygen atoms in total. The number of likely N-dealkylation sites (tertiary alicyclic amines) is 1. The molecule has 0 aromatic carbocycles. The third-order valence-corrected chi connectivity index (χ3v) is 2.17. The van der Waals surface area contributed by atoms with Crippen LogP contribution in [0.15, 0.2) is 12.3 Å². The van der Waals surface area contributed by atoms with Gasteiger partial charge in [-0.1, -0.05) is 6.58 Å². The van der Waals surface area contributed by atoms with Crippen LogP contribution in [-0.4, -0.2) is 34.1 Å². The first kappa shape index (κ1) is 12.2. The summed E-state index contributed by atoms with van der Waals surface area (Å²) in [6, 6.07) is 0. The quantitative estimate of drug-likeness (QED) is 0.444. The SMILES string of the molecule is C=C(O)CC1CN(C(=O)OC(C)(C)S)C1. The highest BCUT2D eigenvalue weighted by molar-refractivity contribution is 7.81. The minimum atomic E-state index is -0.747. The van der Waals surface area contributed by atoms with Gasteiger partial charge in [0.25, 0.3) is 0 Å². The number of rotatable bonds is 3. The van der Waals surface area contributed by atoms with Gasteiger partial charge in [-0.15, -0.1) is 12.6 Å². The number of aliphatic hydroxyl groups is 1. The summed E-state index contributed by atoms with van der Waals surface area (Å²) in [6.45, 7) is 8.06. The summed E-state index contributed by atoms with van der Waals surface area (Å²) in [5.41, 5.74) is 0. The number of thiol groups is 1. The average Bonchev–Trinajstić information content (AvgIpc) is 1.91. The van der Waals surface area contributed by atoms with Gasteiger partial charge in [-0.2, -0.15) is 0 Å². The van der Waals surface area contributed by atoms with Crippen molar-refractivity contribution in [2.45, 2.75) is 25.2 Å². The van der Waals surface area contributed by atoms with Gasteiger partial charge in [0.2, 0.25) is 0 Å². The largest absolute Gasteiger partial charge is 0.513 e. The van der Waals surface area contributed by atoms with Crippen molar-refractivity contribution in [1.29, 1.82) is 0 Å². The van der Waals surface area contributed by atoms with Crippen molar-refractivity contribution in [3.05, 3.63) is 12.3 Å². The molecule has 1 amide bonds. The van der Waals surface area contributed by atoms with Gasteiger partial charge >= 0.3 is 6.09 Å². The predicted molar refractivity (Wildman–Crippen MR) is 61.0 cm³/mol. The Morgan fingerprint density at radius 1 is 1.67 bits per heavy atom. The fourth-order valence-electron chi connectivity index (χ4n) is 1.46. The highest BCUT2D eigenvalue weighted by Crippen LogP contribution is 2.24. The van der Waals surface area contributed by atoms with Crippen molar-refractivity contribution in [3.63, 3.8) is 0 Å². The van der Waals surface area contributed by atoms with E-state index in [0.29, 0.717) is 25.4 Å². The lowest BCUT2D eigenvalue weighted by atomic mass is 9.96. The Hall–Kier alpha value is -0.840. The second kappa shape index (κ2) is 4.35. The molecular weight excluding hydrogens is 214 g/mol. The maximum absolute atomic E-state index is 11.4. The predicted octanol–water partition coefficient (Wildman–Crippen LogP) is 2.18. The topological polar surface area (TPSA) is 49.8 Å². The Labute approximate surface area is 95.3 Å². The highest BCUT2D eigenvalue weighted by atomic mass is 32.1. The van der Waals surface area contributed by atoms with E-state index in [4.69, 9.17) is 9.84 Å². The summed E-state index contributed by atoms with van der Waals surface area (Å²) in [5.74, 6) is 0.473. The van der Waals surface area contributed by atoms with E-state index in [1.54, 1.807) is 18.7 Å². The maximum atomic E-state index is 11.4. The van der Waals surface area contributed by atoms with Crippen molar-refractivity contribution in [2.24, 2.45) is 5.92 Å². The average molecular weight is 231 g/mol. The summed E-state index contributed by atoms with van der Waals surface area (Å²) >= 11 is 4.11. The smallest absolute Gasteiger partial charge is 0.411 e. The van der Waals surface area contributed by atoms with Gasteiger partial charge in [0.05, 0.1) is 5.76 Å². The number of nitrogens with zero attached hydrogens (tertiary/aromatic N) is 1. The summed E-state index contributed by atoms with van der Waals surface area (Å²) in [6.07, 6.45) is 0.198. The van der Waals surface area contributed by atoms with Gasteiger partial charge in [-0.3, -0.25) is 0 Å². The molecule has 1 rings (SSSR count). The maximum Gasteiger partial charge on any atom is 0.411 e. The third-order valence-electron chi connectivity index (χ3n) is 2.08. The molecule has 1 heterocycles. The Morgan fingerprint density at radius 3 is 2.60 bits per heavy atom. The summed E-state index contributed by atoms with van der Waals surface area (Å²) in [5, 5.41) is 8.96. The molecule has 1 saturated heterocycles. The molecule has 5 heteroatoms. The van der Waals surface area contributed by atoms with E-state index in [-0.39, 0.29) is 11.9 Å². The van der Waals surface area contributed by atoms with Crippen LogP contribution in [0.3, 0.4) is 0 Å². The van der Waals surface area contributed by atoms with Gasteiger partial charge in [0.1, 0.15) is 0 Å². The zero-order valence-corrected chi connectivity index (χ0v) is 9.96. The van der Waals surface area contributed by atoms with Gasteiger partial charge in [0.15, 0.2) is 4.93 Å². The van der Waals surface area contributed by atoms with Crippen LogP contribution in [0.25, 0.3) is 0 Å². The van der Waals surface area contributed by atoms with Crippen molar-refractivity contribution in [1.82, 2.24) is 4.90 Å². The van der Waals surface area contributed by atoms with Gasteiger partial charge in [-0.05, 0) is 13.8 Å². The standard InChI is InChI=1S/C10H17NO3S/c1-7(12)4-8-5-11(6-8)9(13)14-10(2,3)15/h8,12,15H,1,4-6H2,2-3H3. The lowest BCUT2D eigenvalue weighted by Gasteiger charge is -2.39. The van der Waals surface area contributed by atoms with Crippen LogP contribution in [0.1, 0.15) is 20.3 Å². The van der Waals surface area contributed by atoms with Crippen LogP contribution in [0, 0.1) is 5.92 Å². The molecular formula is C10H17NO3S. The number of hydrogen-bond donors (Lipinski definition) is 2. The molecule has 0 unspecified atom stereocenters. The van der Waals surface area contributed by atoms with Crippen LogP contribution in [0.5, 0.6) is 0 Å². The molecule has 0 aromatic heterocycles. The summed E-state index contributed by atoms with van der Waals surface area (Å²) in [4.78, 5) is 12.3. The molecule has 0 radical (unpaired) electrons. The van der Waals surface area contributed by atoms with E-state index in [2.05, 4.69) is 19.2 Å². The number of carbonyl (C=O) groups is 1. The van der Waals surface area contributed by atoms with Crippen LogP contribution < -0.4 is 0 Å². The molecule has 15 heavy (non-hydrogen) atoms. The Kier molecular flexibility index (Phi) is 3.54. The number of amides is 1. The first-order valence-corrected chi connectivity index (χ1v) is 5.29. The van der Waals surface area contributed by atoms with E-state index in [9.17, 15) is 4.79 Å². The van der Waals surface area contributed by atoms with E-state index in [0.717, 1.165) is 0 Å². The highest BCUT2D eigenvalue weighted by Gasteiger charge is 2.33. The lowest BCUT2D eigenvalue weighted by molar-refractivity contribution is 0.0251. The normalized spacial score (nSPS) is 17.1. The van der Waals surface area contributed by atoms with Crippen LogP contribution in [0.4, 0.5) is 4.79 Å². The Balaban J connectivity index is 2.27. The minimum absolute atomic E-state index is 0.169. The van der Waals surface area contributed by atoms with E-state index in [1.165, 1.54) is 0 Å². The second-order valence-electron chi connectivity index (χ2n) is 4.36. The minimum Gasteiger partial charge on any atom is -0.513 e. The first-order valence-electron chi connectivity index (χ1n) is 4.85. The van der Waals surface area contributed by atoms with E-state index in [1.807, 2.05) is 0 Å². The second-order valence-corrected chi connectivity index (χ2v) is 5.43. The van der Waals surface area contributed by atoms with Crippen LogP contribution >= 0.6 is 12.6 Å². The van der Waals surface area contributed by atoms with E-state index < -0.39 is 4.93 Å². The lowest BCUT2D eigenvalue weighted by Crippen LogP contribution is -2.51. The monoisotopic (exact) mass is 231 g/mol. The molecule has 0 bridgehead atoms. The third kappa shape index (κ3) is 4.03. The number of carbonyl (C=O) groups excluding carboxylic acids is 1. The van der Waals surface area contributed by atoms with Crippen molar-refractivity contribution in [3.8, 4) is 0 Å². The molecule has 1 N–H and O–H groups in total. The number of allylic oxidation sites excluding steroid dienone is 1. The first-order chi connectivity index (χ1) is 6.78. The number of aliphatic hydroxyl groups excluding tert-OH is 1. The molecule has 0 atom stereocenters. The van der Waals surface area contributed by atoms with Gasteiger partial charge < -0.3 is 14.7 Å². The molecule has 0 spiro atoms. The molecule has 1 aliphatic heterocycles.